The molecule has 0 aliphatic heterocycles. The van der Waals surface area contributed by atoms with E-state index in [9.17, 15) is 8.78 Å². The molecule has 0 aliphatic carbocycles. The fourth-order valence-corrected chi connectivity index (χ4v) is 2.63. The number of nitrogens with one attached hydrogen (secondary N) is 1. The van der Waals surface area contributed by atoms with Gasteiger partial charge in [-0.2, -0.15) is 0 Å². The van der Waals surface area contributed by atoms with Gasteiger partial charge in [-0.05, 0) is 25.1 Å². The van der Waals surface area contributed by atoms with Crippen LogP contribution in [0.5, 0.6) is 0 Å². The highest BCUT2D eigenvalue weighted by Gasteiger charge is 2.25. The summed E-state index contributed by atoms with van der Waals surface area (Å²) in [6.45, 7) is 4.07. The highest BCUT2D eigenvalue weighted by Crippen LogP contribution is 2.32. The van der Waals surface area contributed by atoms with E-state index in [1.54, 1.807) is 7.05 Å². The van der Waals surface area contributed by atoms with Crippen LogP contribution in [0.15, 0.2) is 16.6 Å². The Morgan fingerprint density at radius 3 is 2.00 bits per heavy atom. The zero-order valence-corrected chi connectivity index (χ0v) is 11.9. The second kappa shape index (κ2) is 6.45. The molecule has 0 amide bonds. The molecule has 1 unspecified atom stereocenters. The maximum atomic E-state index is 13.9. The van der Waals surface area contributed by atoms with Crippen molar-refractivity contribution in [1.82, 2.24) is 5.32 Å². The molecule has 0 aliphatic rings. The van der Waals surface area contributed by atoms with Crippen molar-refractivity contribution >= 4 is 15.9 Å². The summed E-state index contributed by atoms with van der Waals surface area (Å²) in [5, 5.41) is 3.03. The van der Waals surface area contributed by atoms with Crippen molar-refractivity contribution in [2.45, 2.75) is 32.7 Å². The van der Waals surface area contributed by atoms with Gasteiger partial charge in [0.15, 0.2) is 0 Å². The van der Waals surface area contributed by atoms with E-state index < -0.39 is 11.6 Å². The van der Waals surface area contributed by atoms with Crippen molar-refractivity contribution in [1.29, 1.82) is 0 Å². The van der Waals surface area contributed by atoms with Gasteiger partial charge in [-0.25, -0.2) is 8.78 Å². The number of hydrogen-bond donors (Lipinski definition) is 1. The lowest BCUT2D eigenvalue weighted by Gasteiger charge is -2.26. The molecular formula is C13H18BrF2N. The average Bonchev–Trinajstić information content (AvgIpc) is 2.27. The molecule has 0 bridgehead atoms. The van der Waals surface area contributed by atoms with Crippen LogP contribution in [0.2, 0.25) is 0 Å². The second-order valence-corrected chi connectivity index (χ2v) is 5.04. The highest BCUT2D eigenvalue weighted by atomic mass is 79.9. The lowest BCUT2D eigenvalue weighted by atomic mass is 9.88. The van der Waals surface area contributed by atoms with Crippen LogP contribution in [0.1, 0.15) is 38.3 Å². The minimum atomic E-state index is -0.497. The second-order valence-electron chi connectivity index (χ2n) is 4.13. The van der Waals surface area contributed by atoms with Crippen molar-refractivity contribution in [2.75, 3.05) is 7.05 Å². The lowest BCUT2D eigenvalue weighted by molar-refractivity contribution is 0.339. The molecule has 1 rings (SSSR count). The van der Waals surface area contributed by atoms with Crippen LogP contribution in [0.25, 0.3) is 0 Å². The van der Waals surface area contributed by atoms with Crippen molar-refractivity contribution < 1.29 is 8.78 Å². The van der Waals surface area contributed by atoms with Crippen LogP contribution in [-0.2, 0) is 0 Å². The maximum absolute atomic E-state index is 13.9. The van der Waals surface area contributed by atoms with Crippen molar-refractivity contribution in [3.05, 3.63) is 33.8 Å². The van der Waals surface area contributed by atoms with Gasteiger partial charge in [-0.3, -0.25) is 0 Å². The normalized spacial score (nSPS) is 13.1. The number of benzene rings is 1. The first kappa shape index (κ1) is 14.6. The predicted octanol–water partition coefficient (Wildman–Crippen LogP) is 4.42. The Hall–Kier alpha value is -0.480. The third-order valence-corrected chi connectivity index (χ3v) is 3.64. The summed E-state index contributed by atoms with van der Waals surface area (Å²) in [5.74, 6) is -0.767. The topological polar surface area (TPSA) is 12.0 Å². The van der Waals surface area contributed by atoms with E-state index in [-0.39, 0.29) is 17.5 Å². The summed E-state index contributed by atoms with van der Waals surface area (Å²) in [6, 6.07) is 2.34. The number of rotatable bonds is 5. The van der Waals surface area contributed by atoms with E-state index in [1.165, 1.54) is 12.1 Å². The van der Waals surface area contributed by atoms with Gasteiger partial charge in [-0.1, -0.05) is 42.6 Å². The van der Waals surface area contributed by atoms with Crippen LogP contribution in [0.4, 0.5) is 8.78 Å². The summed E-state index contributed by atoms with van der Waals surface area (Å²) < 4.78 is 28.2. The smallest absolute Gasteiger partial charge is 0.132 e. The lowest BCUT2D eigenvalue weighted by Crippen LogP contribution is -2.26. The zero-order chi connectivity index (χ0) is 13.0. The van der Waals surface area contributed by atoms with Crippen LogP contribution in [-0.4, -0.2) is 7.05 Å². The summed E-state index contributed by atoms with van der Waals surface area (Å²) in [6.07, 6.45) is 1.77. The van der Waals surface area contributed by atoms with Crippen molar-refractivity contribution in [3.8, 4) is 0 Å². The van der Waals surface area contributed by atoms with Gasteiger partial charge in [0.25, 0.3) is 0 Å². The van der Waals surface area contributed by atoms with Crippen LogP contribution < -0.4 is 5.32 Å². The standard InChI is InChI=1S/C13H18BrF2N/c1-4-8(5-2)13(17-3)12-10(15)6-9(14)7-11(12)16/h6-8,13,17H,4-5H2,1-3H3. The molecule has 1 N–H and O–H groups in total. The molecule has 0 saturated carbocycles. The molecule has 0 heterocycles. The van der Waals surface area contributed by atoms with Crippen molar-refractivity contribution in [3.63, 3.8) is 0 Å². The maximum Gasteiger partial charge on any atom is 0.132 e. The van der Waals surface area contributed by atoms with Gasteiger partial charge >= 0.3 is 0 Å². The Morgan fingerprint density at radius 2 is 1.65 bits per heavy atom. The van der Waals surface area contributed by atoms with Crippen LogP contribution >= 0.6 is 15.9 Å². The molecule has 0 saturated heterocycles. The fourth-order valence-electron chi connectivity index (χ4n) is 2.23. The minimum absolute atomic E-state index is 0.143. The SMILES string of the molecule is CCC(CC)C(NC)c1c(F)cc(Br)cc1F. The molecule has 0 aromatic heterocycles. The molecule has 0 radical (unpaired) electrons. The van der Waals surface area contributed by atoms with Crippen molar-refractivity contribution in [2.24, 2.45) is 5.92 Å². The average molecular weight is 306 g/mol. The molecule has 1 aromatic carbocycles. The summed E-state index contributed by atoms with van der Waals surface area (Å²) >= 11 is 3.09. The Morgan fingerprint density at radius 1 is 1.18 bits per heavy atom. The molecule has 1 nitrogen and oxygen atoms in total. The molecular weight excluding hydrogens is 288 g/mol. The Labute approximate surface area is 110 Å². The minimum Gasteiger partial charge on any atom is -0.313 e. The van der Waals surface area contributed by atoms with E-state index in [0.29, 0.717) is 4.47 Å². The molecule has 4 heteroatoms. The number of hydrogen-bond acceptors (Lipinski definition) is 1. The first-order valence-corrected chi connectivity index (χ1v) is 6.66. The Bertz CT molecular complexity index is 355. The van der Waals surface area contributed by atoms with E-state index in [2.05, 4.69) is 21.2 Å². The molecule has 1 atom stereocenters. The molecule has 0 spiro atoms. The van der Waals surface area contributed by atoms with Gasteiger partial charge < -0.3 is 5.32 Å². The van der Waals surface area contributed by atoms with E-state index in [4.69, 9.17) is 0 Å². The summed E-state index contributed by atoms with van der Waals surface area (Å²) in [4.78, 5) is 0. The van der Waals surface area contributed by atoms with Crippen LogP contribution in [0.3, 0.4) is 0 Å². The van der Waals surface area contributed by atoms with E-state index in [0.717, 1.165) is 12.8 Å². The fraction of sp³-hybridized carbons (Fsp3) is 0.538. The van der Waals surface area contributed by atoms with Gasteiger partial charge in [0.1, 0.15) is 11.6 Å². The van der Waals surface area contributed by atoms with Gasteiger partial charge in [-0.15, -0.1) is 0 Å². The largest absolute Gasteiger partial charge is 0.313 e. The summed E-state index contributed by atoms with van der Waals surface area (Å²) in [5.41, 5.74) is 0.143. The van der Waals surface area contributed by atoms with E-state index in [1.807, 2.05) is 13.8 Å². The quantitative estimate of drug-likeness (QED) is 0.849. The monoisotopic (exact) mass is 305 g/mol. The highest BCUT2D eigenvalue weighted by molar-refractivity contribution is 9.10. The molecule has 17 heavy (non-hydrogen) atoms. The van der Waals surface area contributed by atoms with Crippen LogP contribution in [0, 0.1) is 17.6 Å². The third kappa shape index (κ3) is 3.26. The third-order valence-electron chi connectivity index (χ3n) is 3.19. The van der Waals surface area contributed by atoms with Gasteiger partial charge in [0.05, 0.1) is 0 Å². The van der Waals surface area contributed by atoms with Gasteiger partial charge in [0, 0.05) is 16.1 Å². The van der Waals surface area contributed by atoms with Gasteiger partial charge in [0.2, 0.25) is 0 Å². The Balaban J connectivity index is 3.20. The molecule has 96 valence electrons. The van der Waals surface area contributed by atoms with E-state index >= 15 is 0 Å². The first-order valence-electron chi connectivity index (χ1n) is 5.86. The number of halogens is 3. The predicted molar refractivity (Wildman–Crippen MR) is 69.9 cm³/mol. The molecule has 1 aromatic rings. The summed E-state index contributed by atoms with van der Waals surface area (Å²) in [7, 11) is 1.74. The first-order chi connectivity index (χ1) is 8.04. The zero-order valence-electron chi connectivity index (χ0n) is 10.4. The Kier molecular flexibility index (Phi) is 5.53. The molecule has 0 fully saturated rings.